The molecule has 0 spiro atoms. The van der Waals surface area contributed by atoms with E-state index in [1.165, 1.54) is 32.1 Å². The van der Waals surface area contributed by atoms with Crippen molar-refractivity contribution in [2.24, 2.45) is 17.8 Å². The van der Waals surface area contributed by atoms with Crippen molar-refractivity contribution < 1.29 is 9.59 Å². The molecule has 2 amide bonds. The van der Waals surface area contributed by atoms with Crippen LogP contribution >= 0.6 is 12.4 Å². The van der Waals surface area contributed by atoms with Gasteiger partial charge in [-0.25, -0.2) is 0 Å². The van der Waals surface area contributed by atoms with Crippen molar-refractivity contribution in [3.8, 4) is 0 Å². The molecule has 4 saturated heterocycles. The van der Waals surface area contributed by atoms with Crippen molar-refractivity contribution in [3.63, 3.8) is 0 Å². The summed E-state index contributed by atoms with van der Waals surface area (Å²) < 4.78 is 0. The summed E-state index contributed by atoms with van der Waals surface area (Å²) >= 11 is 0. The Labute approximate surface area is 170 Å². The number of halogens is 1. The van der Waals surface area contributed by atoms with Gasteiger partial charge in [0.15, 0.2) is 0 Å². The maximum absolute atomic E-state index is 12.8. The highest BCUT2D eigenvalue weighted by atomic mass is 35.5. The number of piperidine rings is 3. The lowest BCUT2D eigenvalue weighted by atomic mass is 9.88. The molecule has 154 valence electrons. The molecule has 0 saturated carbocycles. The molecule has 4 aliphatic heterocycles. The second kappa shape index (κ2) is 9.13. The van der Waals surface area contributed by atoms with Crippen LogP contribution in [0.2, 0.25) is 0 Å². The molecule has 3 atom stereocenters. The molecule has 0 aromatic carbocycles. The van der Waals surface area contributed by atoms with Gasteiger partial charge in [-0.05, 0) is 63.2 Å². The second-order valence-corrected chi connectivity index (χ2v) is 9.37. The molecule has 3 unspecified atom stereocenters. The van der Waals surface area contributed by atoms with Gasteiger partial charge in [-0.15, -0.1) is 12.4 Å². The molecule has 0 aromatic heterocycles. The van der Waals surface area contributed by atoms with Crippen LogP contribution in [-0.2, 0) is 9.59 Å². The quantitative estimate of drug-likeness (QED) is 0.796. The monoisotopic (exact) mass is 397 g/mol. The molecule has 4 heterocycles. The number of hydrogen-bond donors (Lipinski definition) is 1. The SMILES string of the molecule is CC1CCCN(C(=O)C2CCN(C(=O)CC3CC4CCC(C3)N4)CC2)C1.Cl. The molecule has 1 N–H and O–H groups in total. The lowest BCUT2D eigenvalue weighted by molar-refractivity contribution is -0.142. The number of carbonyl (C=O) groups excluding carboxylic acids is 2. The topological polar surface area (TPSA) is 52.7 Å². The molecule has 0 aromatic rings. The fraction of sp³-hybridized carbons (Fsp3) is 0.905. The molecule has 2 bridgehead atoms. The second-order valence-electron chi connectivity index (χ2n) is 9.37. The van der Waals surface area contributed by atoms with E-state index in [1.54, 1.807) is 0 Å². The molecule has 0 radical (unpaired) electrons. The Bertz CT molecular complexity index is 524. The number of nitrogens with one attached hydrogen (secondary N) is 1. The van der Waals surface area contributed by atoms with Gasteiger partial charge in [-0.1, -0.05) is 6.92 Å². The van der Waals surface area contributed by atoms with E-state index in [4.69, 9.17) is 0 Å². The smallest absolute Gasteiger partial charge is 0.225 e. The summed E-state index contributed by atoms with van der Waals surface area (Å²) in [5, 5.41) is 3.66. The van der Waals surface area contributed by atoms with E-state index in [9.17, 15) is 9.59 Å². The predicted octanol–water partition coefficient (Wildman–Crippen LogP) is 2.83. The number of hydrogen-bond acceptors (Lipinski definition) is 3. The number of rotatable bonds is 3. The van der Waals surface area contributed by atoms with Crippen molar-refractivity contribution >= 4 is 24.2 Å². The maximum Gasteiger partial charge on any atom is 0.225 e. The van der Waals surface area contributed by atoms with E-state index in [0.717, 1.165) is 51.9 Å². The van der Waals surface area contributed by atoms with E-state index < -0.39 is 0 Å². The highest BCUT2D eigenvalue weighted by Crippen LogP contribution is 2.33. The third kappa shape index (κ3) is 4.97. The van der Waals surface area contributed by atoms with Gasteiger partial charge in [0.05, 0.1) is 0 Å². The minimum Gasteiger partial charge on any atom is -0.343 e. The first-order chi connectivity index (χ1) is 12.6. The van der Waals surface area contributed by atoms with Crippen LogP contribution in [0.25, 0.3) is 0 Å². The molecule has 4 rings (SSSR count). The summed E-state index contributed by atoms with van der Waals surface area (Å²) in [6, 6.07) is 1.31. The Hall–Kier alpha value is -0.810. The van der Waals surface area contributed by atoms with Gasteiger partial charge in [-0.2, -0.15) is 0 Å². The minimum absolute atomic E-state index is 0. The Morgan fingerprint density at radius 3 is 2.22 bits per heavy atom. The van der Waals surface area contributed by atoms with Crippen LogP contribution in [0.15, 0.2) is 0 Å². The average Bonchev–Trinajstić information content (AvgIpc) is 2.99. The fourth-order valence-corrected chi connectivity index (χ4v) is 5.74. The summed E-state index contributed by atoms with van der Waals surface area (Å²) in [4.78, 5) is 29.6. The van der Waals surface area contributed by atoms with Gasteiger partial charge in [-0.3, -0.25) is 9.59 Å². The van der Waals surface area contributed by atoms with Crippen LogP contribution in [0.4, 0.5) is 0 Å². The highest BCUT2D eigenvalue weighted by molar-refractivity contribution is 5.85. The molecule has 27 heavy (non-hydrogen) atoms. The van der Waals surface area contributed by atoms with Crippen molar-refractivity contribution in [1.82, 2.24) is 15.1 Å². The number of nitrogens with zero attached hydrogens (tertiary/aromatic N) is 2. The minimum atomic E-state index is 0. The summed E-state index contributed by atoms with van der Waals surface area (Å²) in [7, 11) is 0. The first kappa shape index (κ1) is 20.9. The Morgan fingerprint density at radius 2 is 1.59 bits per heavy atom. The van der Waals surface area contributed by atoms with Gasteiger partial charge < -0.3 is 15.1 Å². The van der Waals surface area contributed by atoms with Gasteiger partial charge in [0, 0.05) is 50.6 Å². The van der Waals surface area contributed by atoms with Crippen LogP contribution in [0.3, 0.4) is 0 Å². The summed E-state index contributed by atoms with van der Waals surface area (Å²) in [6.07, 6.45) is 9.74. The largest absolute Gasteiger partial charge is 0.343 e. The zero-order valence-corrected chi connectivity index (χ0v) is 17.5. The predicted molar refractivity (Wildman–Crippen MR) is 109 cm³/mol. The van der Waals surface area contributed by atoms with Gasteiger partial charge in [0.1, 0.15) is 0 Å². The van der Waals surface area contributed by atoms with Gasteiger partial charge >= 0.3 is 0 Å². The summed E-state index contributed by atoms with van der Waals surface area (Å²) in [5.41, 5.74) is 0. The maximum atomic E-state index is 12.8. The first-order valence-electron chi connectivity index (χ1n) is 10.9. The molecule has 4 fully saturated rings. The molecule has 0 aliphatic carbocycles. The van der Waals surface area contributed by atoms with Crippen molar-refractivity contribution in [2.45, 2.75) is 76.8 Å². The van der Waals surface area contributed by atoms with E-state index in [0.29, 0.717) is 35.7 Å². The van der Waals surface area contributed by atoms with Crippen molar-refractivity contribution in [2.75, 3.05) is 26.2 Å². The van der Waals surface area contributed by atoms with E-state index in [1.807, 2.05) is 4.90 Å². The Balaban J connectivity index is 0.00000210. The average molecular weight is 398 g/mol. The van der Waals surface area contributed by atoms with Gasteiger partial charge in [0.2, 0.25) is 11.8 Å². The lowest BCUT2D eigenvalue weighted by Crippen LogP contribution is -2.47. The van der Waals surface area contributed by atoms with Crippen molar-refractivity contribution in [3.05, 3.63) is 0 Å². The van der Waals surface area contributed by atoms with Crippen LogP contribution in [0, 0.1) is 17.8 Å². The third-order valence-corrected chi connectivity index (χ3v) is 7.20. The zero-order chi connectivity index (χ0) is 18.1. The Morgan fingerprint density at radius 1 is 0.926 bits per heavy atom. The molecule has 4 aliphatic rings. The number of fused-ring (bicyclic) bond motifs is 2. The first-order valence-corrected chi connectivity index (χ1v) is 10.9. The highest BCUT2D eigenvalue weighted by Gasteiger charge is 2.36. The fourth-order valence-electron chi connectivity index (χ4n) is 5.74. The molecular formula is C21H36ClN3O2. The number of amides is 2. The Kier molecular flexibility index (Phi) is 7.07. The standard InChI is InChI=1S/C21H35N3O2.ClH/c1-15-3-2-8-24(14-15)21(26)17-6-9-23(10-7-17)20(25)13-16-11-18-4-5-19(12-16)22-18;/h15-19,22H,2-14H2,1H3;1H. The van der Waals surface area contributed by atoms with E-state index in [2.05, 4.69) is 17.1 Å². The molecular weight excluding hydrogens is 362 g/mol. The summed E-state index contributed by atoms with van der Waals surface area (Å²) in [6.45, 7) is 5.65. The molecule has 5 nitrogen and oxygen atoms in total. The van der Waals surface area contributed by atoms with Crippen LogP contribution in [0.5, 0.6) is 0 Å². The van der Waals surface area contributed by atoms with E-state index >= 15 is 0 Å². The lowest BCUT2D eigenvalue weighted by Gasteiger charge is -2.37. The van der Waals surface area contributed by atoms with Crippen LogP contribution in [0.1, 0.15) is 64.7 Å². The van der Waals surface area contributed by atoms with Crippen LogP contribution in [-0.4, -0.2) is 59.9 Å². The third-order valence-electron chi connectivity index (χ3n) is 7.20. The zero-order valence-electron chi connectivity index (χ0n) is 16.7. The summed E-state index contributed by atoms with van der Waals surface area (Å²) in [5.74, 6) is 2.01. The number of carbonyl (C=O) groups is 2. The van der Waals surface area contributed by atoms with Crippen molar-refractivity contribution in [1.29, 1.82) is 0 Å². The normalized spacial score (nSPS) is 34.3. The molecule has 6 heteroatoms. The van der Waals surface area contributed by atoms with E-state index in [-0.39, 0.29) is 18.3 Å². The number of likely N-dealkylation sites (tertiary alicyclic amines) is 2. The van der Waals surface area contributed by atoms with Crippen LogP contribution < -0.4 is 5.32 Å². The van der Waals surface area contributed by atoms with Gasteiger partial charge in [0.25, 0.3) is 0 Å².